The molecular formula is C15H13N3O2. The summed E-state index contributed by atoms with van der Waals surface area (Å²) in [5, 5.41) is 18.5. The fourth-order valence-electron chi connectivity index (χ4n) is 2.09. The highest BCUT2D eigenvalue weighted by molar-refractivity contribution is 5.76. The molecule has 1 aromatic heterocycles. The lowest BCUT2D eigenvalue weighted by atomic mass is 10.1. The topological polar surface area (TPSA) is 68.0 Å². The SMILES string of the molecule is O=c1c2ccccc2nnn1C[C@H](O)c1ccccc1. The molecule has 3 rings (SSSR count). The second-order valence-electron chi connectivity index (χ2n) is 4.52. The number of fused-ring (bicyclic) bond motifs is 1. The van der Waals surface area contributed by atoms with Crippen molar-refractivity contribution in [3.63, 3.8) is 0 Å². The van der Waals surface area contributed by atoms with E-state index in [2.05, 4.69) is 10.3 Å². The van der Waals surface area contributed by atoms with Crippen molar-refractivity contribution in [2.45, 2.75) is 12.6 Å². The summed E-state index contributed by atoms with van der Waals surface area (Å²) in [7, 11) is 0. The first-order valence-electron chi connectivity index (χ1n) is 6.31. The Labute approximate surface area is 115 Å². The van der Waals surface area contributed by atoms with E-state index in [4.69, 9.17) is 0 Å². The van der Waals surface area contributed by atoms with Gasteiger partial charge in [0.2, 0.25) is 0 Å². The molecule has 0 aliphatic heterocycles. The van der Waals surface area contributed by atoms with Gasteiger partial charge in [0.05, 0.1) is 18.0 Å². The van der Waals surface area contributed by atoms with Crippen LogP contribution in [0.25, 0.3) is 10.9 Å². The maximum Gasteiger partial charge on any atom is 0.277 e. The molecule has 1 atom stereocenters. The summed E-state index contributed by atoms with van der Waals surface area (Å²) in [5.41, 5.74) is 1.06. The highest BCUT2D eigenvalue weighted by Crippen LogP contribution is 2.13. The summed E-state index contributed by atoms with van der Waals surface area (Å²) >= 11 is 0. The molecule has 0 amide bonds. The summed E-state index contributed by atoms with van der Waals surface area (Å²) in [4.78, 5) is 12.2. The van der Waals surface area contributed by atoms with Crippen LogP contribution in [0, 0.1) is 0 Å². The number of nitrogens with zero attached hydrogens (tertiary/aromatic N) is 3. The Kier molecular flexibility index (Phi) is 3.26. The molecule has 1 N–H and O–H groups in total. The number of aliphatic hydroxyl groups excluding tert-OH is 1. The van der Waals surface area contributed by atoms with Crippen LogP contribution in [-0.2, 0) is 6.54 Å². The van der Waals surface area contributed by atoms with Crippen molar-refractivity contribution in [1.82, 2.24) is 15.0 Å². The standard InChI is InChI=1S/C15H13N3O2/c19-14(11-6-2-1-3-7-11)10-18-15(20)12-8-4-5-9-13(12)16-17-18/h1-9,14,19H,10H2/t14-/m0/s1. The van der Waals surface area contributed by atoms with Crippen LogP contribution >= 0.6 is 0 Å². The molecule has 0 unspecified atom stereocenters. The van der Waals surface area contributed by atoms with Crippen LogP contribution in [0.4, 0.5) is 0 Å². The Bertz CT molecular complexity index is 784. The van der Waals surface area contributed by atoms with E-state index in [1.807, 2.05) is 30.3 Å². The molecule has 100 valence electrons. The zero-order chi connectivity index (χ0) is 13.9. The molecule has 0 radical (unpaired) electrons. The monoisotopic (exact) mass is 267 g/mol. The lowest BCUT2D eigenvalue weighted by molar-refractivity contribution is 0.148. The molecule has 0 spiro atoms. The predicted molar refractivity (Wildman–Crippen MR) is 75.2 cm³/mol. The number of aliphatic hydroxyl groups is 1. The van der Waals surface area contributed by atoms with Gasteiger partial charge in [-0.05, 0) is 17.7 Å². The molecule has 2 aromatic carbocycles. The maximum atomic E-state index is 12.2. The van der Waals surface area contributed by atoms with Gasteiger partial charge >= 0.3 is 0 Å². The zero-order valence-corrected chi connectivity index (χ0v) is 10.7. The summed E-state index contributed by atoms with van der Waals surface area (Å²) in [5.74, 6) is 0. The van der Waals surface area contributed by atoms with Crippen molar-refractivity contribution in [3.05, 3.63) is 70.5 Å². The molecule has 5 nitrogen and oxygen atoms in total. The van der Waals surface area contributed by atoms with Crippen molar-refractivity contribution in [2.75, 3.05) is 0 Å². The number of hydrogen-bond acceptors (Lipinski definition) is 4. The minimum atomic E-state index is -0.788. The number of aromatic nitrogens is 3. The highest BCUT2D eigenvalue weighted by Gasteiger charge is 2.11. The highest BCUT2D eigenvalue weighted by atomic mass is 16.3. The van der Waals surface area contributed by atoms with Crippen molar-refractivity contribution < 1.29 is 5.11 Å². The first-order chi connectivity index (χ1) is 9.75. The van der Waals surface area contributed by atoms with E-state index in [1.165, 1.54) is 4.68 Å². The van der Waals surface area contributed by atoms with Gasteiger partial charge in [-0.1, -0.05) is 47.7 Å². The Morgan fingerprint density at radius 1 is 1.05 bits per heavy atom. The minimum absolute atomic E-state index is 0.0840. The summed E-state index contributed by atoms with van der Waals surface area (Å²) in [6.07, 6.45) is -0.788. The quantitative estimate of drug-likeness (QED) is 0.781. The van der Waals surface area contributed by atoms with Gasteiger partial charge in [0.25, 0.3) is 5.56 Å². The lowest BCUT2D eigenvalue weighted by Crippen LogP contribution is -2.27. The third kappa shape index (κ3) is 2.31. The van der Waals surface area contributed by atoms with Gasteiger partial charge < -0.3 is 5.11 Å². The average molecular weight is 267 g/mol. The smallest absolute Gasteiger partial charge is 0.277 e. The van der Waals surface area contributed by atoms with Crippen LogP contribution in [0.15, 0.2) is 59.4 Å². The molecule has 0 aliphatic carbocycles. The molecule has 0 fully saturated rings. The molecule has 0 bridgehead atoms. The first kappa shape index (κ1) is 12.5. The Hall–Kier alpha value is -2.53. The number of rotatable bonds is 3. The Balaban J connectivity index is 1.96. The molecule has 0 saturated carbocycles. The van der Waals surface area contributed by atoms with Gasteiger partial charge in [-0.25, -0.2) is 4.68 Å². The molecule has 5 heteroatoms. The maximum absolute atomic E-state index is 12.2. The van der Waals surface area contributed by atoms with Crippen molar-refractivity contribution in [1.29, 1.82) is 0 Å². The summed E-state index contributed by atoms with van der Waals surface area (Å²) in [6, 6.07) is 16.2. The van der Waals surface area contributed by atoms with Gasteiger partial charge in [0, 0.05) is 0 Å². The Morgan fingerprint density at radius 2 is 1.75 bits per heavy atom. The minimum Gasteiger partial charge on any atom is -0.386 e. The second kappa shape index (κ2) is 5.22. The van der Waals surface area contributed by atoms with Gasteiger partial charge in [-0.15, -0.1) is 5.10 Å². The van der Waals surface area contributed by atoms with Gasteiger partial charge in [0.15, 0.2) is 0 Å². The van der Waals surface area contributed by atoms with Gasteiger partial charge in [-0.3, -0.25) is 4.79 Å². The second-order valence-corrected chi connectivity index (χ2v) is 4.52. The van der Waals surface area contributed by atoms with E-state index in [0.29, 0.717) is 10.9 Å². The third-order valence-electron chi connectivity index (χ3n) is 3.16. The first-order valence-corrected chi connectivity index (χ1v) is 6.31. The van der Waals surface area contributed by atoms with Crippen LogP contribution in [0.2, 0.25) is 0 Å². The van der Waals surface area contributed by atoms with Crippen molar-refractivity contribution in [3.8, 4) is 0 Å². The van der Waals surface area contributed by atoms with Crippen molar-refractivity contribution >= 4 is 10.9 Å². The van der Waals surface area contributed by atoms with E-state index in [-0.39, 0.29) is 12.1 Å². The molecule has 1 heterocycles. The van der Waals surface area contributed by atoms with E-state index < -0.39 is 6.10 Å². The third-order valence-corrected chi connectivity index (χ3v) is 3.16. The van der Waals surface area contributed by atoms with E-state index in [9.17, 15) is 9.90 Å². The molecule has 20 heavy (non-hydrogen) atoms. The molecular weight excluding hydrogens is 254 g/mol. The van der Waals surface area contributed by atoms with Crippen molar-refractivity contribution in [2.24, 2.45) is 0 Å². The lowest BCUT2D eigenvalue weighted by Gasteiger charge is -2.11. The van der Waals surface area contributed by atoms with Crippen LogP contribution in [0.5, 0.6) is 0 Å². The van der Waals surface area contributed by atoms with Crippen LogP contribution < -0.4 is 5.56 Å². The van der Waals surface area contributed by atoms with E-state index in [1.54, 1.807) is 24.3 Å². The van der Waals surface area contributed by atoms with Crippen LogP contribution in [0.3, 0.4) is 0 Å². The molecule has 0 aliphatic rings. The summed E-state index contributed by atoms with van der Waals surface area (Å²) in [6.45, 7) is 0.0840. The van der Waals surface area contributed by atoms with E-state index >= 15 is 0 Å². The summed E-state index contributed by atoms with van der Waals surface area (Å²) < 4.78 is 1.19. The van der Waals surface area contributed by atoms with E-state index in [0.717, 1.165) is 5.56 Å². The molecule has 0 saturated heterocycles. The normalized spacial score (nSPS) is 12.4. The van der Waals surface area contributed by atoms with Gasteiger partial charge in [0.1, 0.15) is 5.52 Å². The average Bonchev–Trinajstić information content (AvgIpc) is 2.51. The predicted octanol–water partition coefficient (Wildman–Crippen LogP) is 1.53. The number of benzene rings is 2. The fraction of sp³-hybridized carbons (Fsp3) is 0.133. The largest absolute Gasteiger partial charge is 0.386 e. The Morgan fingerprint density at radius 3 is 2.55 bits per heavy atom. The number of hydrogen-bond donors (Lipinski definition) is 1. The van der Waals surface area contributed by atoms with Gasteiger partial charge in [-0.2, -0.15) is 0 Å². The molecule has 3 aromatic rings. The zero-order valence-electron chi connectivity index (χ0n) is 10.7. The fourth-order valence-corrected chi connectivity index (χ4v) is 2.09. The van der Waals surface area contributed by atoms with Crippen LogP contribution in [-0.4, -0.2) is 20.1 Å². The van der Waals surface area contributed by atoms with Crippen LogP contribution in [0.1, 0.15) is 11.7 Å².